The quantitative estimate of drug-likeness (QED) is 0.255. The number of hydrogen-bond donors (Lipinski definition) is 1. The van der Waals surface area contributed by atoms with Crippen LogP contribution in [0, 0.1) is 19.8 Å². The second-order valence-electron chi connectivity index (χ2n) is 10.1. The van der Waals surface area contributed by atoms with Crippen LogP contribution in [-0.4, -0.2) is 35.4 Å². The molecule has 5 heteroatoms. The van der Waals surface area contributed by atoms with Gasteiger partial charge in [-0.2, -0.15) is 0 Å². The number of phenols is 1. The van der Waals surface area contributed by atoms with Gasteiger partial charge in [-0.1, -0.05) is 36.8 Å². The maximum atomic E-state index is 13.7. The van der Waals surface area contributed by atoms with Crippen LogP contribution in [-0.2, 0) is 6.42 Å². The van der Waals surface area contributed by atoms with Crippen molar-refractivity contribution in [3.05, 3.63) is 87.8 Å². The number of likely N-dealkylation sites (tertiary alicyclic amines) is 1. The zero-order valence-corrected chi connectivity index (χ0v) is 22.0. The van der Waals surface area contributed by atoms with Gasteiger partial charge >= 0.3 is 0 Å². The van der Waals surface area contributed by atoms with E-state index in [4.69, 9.17) is 4.74 Å². The highest BCUT2D eigenvalue weighted by atomic mass is 32.1. The van der Waals surface area contributed by atoms with E-state index in [1.54, 1.807) is 12.1 Å². The van der Waals surface area contributed by atoms with E-state index in [-0.39, 0.29) is 11.5 Å². The minimum atomic E-state index is -0.0558. The van der Waals surface area contributed by atoms with Crippen molar-refractivity contribution in [1.29, 1.82) is 0 Å². The van der Waals surface area contributed by atoms with Crippen LogP contribution in [0.2, 0.25) is 0 Å². The summed E-state index contributed by atoms with van der Waals surface area (Å²) in [5.74, 6) is 2.20. The van der Waals surface area contributed by atoms with Gasteiger partial charge in [-0.25, -0.2) is 0 Å². The summed E-state index contributed by atoms with van der Waals surface area (Å²) in [5.41, 5.74) is 3.95. The maximum absolute atomic E-state index is 13.7. The van der Waals surface area contributed by atoms with Crippen LogP contribution in [0.4, 0.5) is 0 Å². The highest BCUT2D eigenvalue weighted by Gasteiger charge is 2.23. The van der Waals surface area contributed by atoms with Crippen molar-refractivity contribution in [2.45, 2.75) is 40.0 Å². The van der Waals surface area contributed by atoms with Gasteiger partial charge in [0, 0.05) is 22.2 Å². The number of carbonyl (C=O) groups excluding carboxylic acids is 1. The smallest absolute Gasteiger partial charge is 0.207 e. The third-order valence-electron chi connectivity index (χ3n) is 7.06. The Morgan fingerprint density at radius 2 is 1.89 bits per heavy atom. The van der Waals surface area contributed by atoms with E-state index in [0.717, 1.165) is 46.5 Å². The Hall–Kier alpha value is -3.15. The van der Waals surface area contributed by atoms with Crippen LogP contribution in [0.3, 0.4) is 0 Å². The van der Waals surface area contributed by atoms with E-state index in [2.05, 4.69) is 24.0 Å². The largest absolute Gasteiger partial charge is 0.508 e. The molecule has 186 valence electrons. The summed E-state index contributed by atoms with van der Waals surface area (Å²) >= 11 is 1.36. The standard InChI is InChI=1S/C31H33NO3S/c1-20-6-7-22(3)27(17-20)29(34)31-30(26-13-10-24(33)18-28(26)36-31)35-25-11-8-23(9-12-25)5-4-15-32-16-14-21(2)19-32/h6-13,17-18,21,33H,4-5,14-16,19H2,1-3H3/t21-/m0/s1. The van der Waals surface area contributed by atoms with Gasteiger partial charge in [0.15, 0.2) is 5.75 Å². The van der Waals surface area contributed by atoms with Crippen LogP contribution in [0.5, 0.6) is 17.2 Å². The molecule has 4 nitrogen and oxygen atoms in total. The zero-order chi connectivity index (χ0) is 25.2. The van der Waals surface area contributed by atoms with Crippen molar-refractivity contribution in [2.24, 2.45) is 5.92 Å². The van der Waals surface area contributed by atoms with E-state index in [1.807, 2.05) is 50.2 Å². The lowest BCUT2D eigenvalue weighted by atomic mass is 10.0. The fourth-order valence-corrected chi connectivity index (χ4v) is 6.11. The first-order valence-corrected chi connectivity index (χ1v) is 13.6. The summed E-state index contributed by atoms with van der Waals surface area (Å²) in [6.45, 7) is 9.88. The Bertz CT molecular complexity index is 1390. The normalized spacial score (nSPS) is 16.0. The first kappa shape index (κ1) is 24.5. The number of benzene rings is 3. The lowest BCUT2D eigenvalue weighted by Gasteiger charge is -2.15. The summed E-state index contributed by atoms with van der Waals surface area (Å²) < 4.78 is 7.19. The molecule has 1 atom stereocenters. The Morgan fingerprint density at radius 1 is 1.08 bits per heavy atom. The number of phenolic OH excluding ortho intramolecular Hbond substituents is 1. The summed E-state index contributed by atoms with van der Waals surface area (Å²) in [5, 5.41) is 10.8. The molecule has 3 aromatic carbocycles. The zero-order valence-electron chi connectivity index (χ0n) is 21.2. The van der Waals surface area contributed by atoms with Crippen LogP contribution in [0.1, 0.15) is 51.7 Å². The number of rotatable bonds is 8. The van der Waals surface area contributed by atoms with E-state index >= 15 is 0 Å². The van der Waals surface area contributed by atoms with Gasteiger partial charge < -0.3 is 14.7 Å². The number of aromatic hydroxyl groups is 1. The molecule has 0 spiro atoms. The third-order valence-corrected chi connectivity index (χ3v) is 8.20. The molecule has 1 saturated heterocycles. The molecular weight excluding hydrogens is 466 g/mol. The molecule has 1 aliphatic rings. The van der Waals surface area contributed by atoms with Gasteiger partial charge in [-0.05, 0) is 99.6 Å². The minimum absolute atomic E-state index is 0.0558. The molecule has 0 aliphatic carbocycles. The summed E-state index contributed by atoms with van der Waals surface area (Å²) in [6, 6.07) is 19.3. The number of aryl methyl sites for hydroxylation is 3. The van der Waals surface area contributed by atoms with Crippen molar-refractivity contribution in [3.63, 3.8) is 0 Å². The first-order chi connectivity index (χ1) is 17.4. The van der Waals surface area contributed by atoms with E-state index in [9.17, 15) is 9.90 Å². The van der Waals surface area contributed by atoms with E-state index in [1.165, 1.54) is 36.4 Å². The Balaban J connectivity index is 1.37. The van der Waals surface area contributed by atoms with Crippen LogP contribution in [0.25, 0.3) is 10.1 Å². The number of hydrogen-bond acceptors (Lipinski definition) is 5. The highest BCUT2D eigenvalue weighted by Crippen LogP contribution is 2.43. The van der Waals surface area contributed by atoms with E-state index in [0.29, 0.717) is 21.9 Å². The van der Waals surface area contributed by atoms with Gasteiger partial charge in [-0.15, -0.1) is 11.3 Å². The number of fused-ring (bicyclic) bond motifs is 1. The molecule has 36 heavy (non-hydrogen) atoms. The molecule has 0 bridgehead atoms. The molecule has 1 fully saturated rings. The van der Waals surface area contributed by atoms with Crippen molar-refractivity contribution < 1.29 is 14.6 Å². The second-order valence-corrected chi connectivity index (χ2v) is 11.2. The lowest BCUT2D eigenvalue weighted by Crippen LogP contribution is -2.21. The van der Waals surface area contributed by atoms with Gasteiger partial charge in [0.05, 0.1) is 0 Å². The molecule has 1 aliphatic heterocycles. The lowest BCUT2D eigenvalue weighted by molar-refractivity contribution is 0.104. The first-order valence-electron chi connectivity index (χ1n) is 12.7. The summed E-state index contributed by atoms with van der Waals surface area (Å²) in [4.78, 5) is 16.8. The Kier molecular flexibility index (Phi) is 7.13. The van der Waals surface area contributed by atoms with Gasteiger partial charge in [0.1, 0.15) is 16.4 Å². The number of carbonyl (C=O) groups is 1. The predicted molar refractivity (Wildman–Crippen MR) is 148 cm³/mol. The van der Waals surface area contributed by atoms with Crippen LogP contribution < -0.4 is 4.74 Å². The number of ether oxygens (including phenoxy) is 1. The monoisotopic (exact) mass is 499 g/mol. The van der Waals surface area contributed by atoms with Crippen molar-refractivity contribution in [1.82, 2.24) is 4.90 Å². The average Bonchev–Trinajstić information content (AvgIpc) is 3.44. The Labute approximate surface area is 217 Å². The number of nitrogens with zero attached hydrogens (tertiary/aromatic N) is 1. The molecule has 2 heterocycles. The van der Waals surface area contributed by atoms with Gasteiger partial charge in [0.25, 0.3) is 0 Å². The summed E-state index contributed by atoms with van der Waals surface area (Å²) in [6.07, 6.45) is 3.51. The maximum Gasteiger partial charge on any atom is 0.207 e. The fraction of sp³-hybridized carbons (Fsp3) is 0.323. The fourth-order valence-electron chi connectivity index (χ4n) is 4.99. The van der Waals surface area contributed by atoms with E-state index < -0.39 is 0 Å². The molecule has 1 N–H and O–H groups in total. The van der Waals surface area contributed by atoms with Crippen LogP contribution in [0.15, 0.2) is 60.7 Å². The molecule has 0 radical (unpaired) electrons. The Morgan fingerprint density at radius 3 is 2.64 bits per heavy atom. The van der Waals surface area contributed by atoms with Crippen molar-refractivity contribution in [2.75, 3.05) is 19.6 Å². The number of thiophene rings is 1. The summed E-state index contributed by atoms with van der Waals surface area (Å²) in [7, 11) is 0. The molecule has 0 unspecified atom stereocenters. The second kappa shape index (κ2) is 10.5. The molecular formula is C31H33NO3S. The molecule has 4 aromatic rings. The van der Waals surface area contributed by atoms with Crippen molar-refractivity contribution >= 4 is 27.2 Å². The minimum Gasteiger partial charge on any atom is -0.508 e. The third kappa shape index (κ3) is 5.32. The highest BCUT2D eigenvalue weighted by molar-refractivity contribution is 7.21. The molecule has 1 aromatic heterocycles. The van der Waals surface area contributed by atoms with Crippen LogP contribution >= 0.6 is 11.3 Å². The number of ketones is 1. The van der Waals surface area contributed by atoms with Gasteiger partial charge in [0.2, 0.25) is 5.78 Å². The molecule has 0 saturated carbocycles. The predicted octanol–water partition coefficient (Wildman–Crippen LogP) is 7.52. The topological polar surface area (TPSA) is 49.8 Å². The SMILES string of the molecule is Cc1ccc(C)c(C(=O)c2sc3cc(O)ccc3c2Oc2ccc(CCCN3CC[C@H](C)C3)cc2)c1. The molecule has 5 rings (SSSR count). The average molecular weight is 500 g/mol. The van der Waals surface area contributed by atoms with Crippen molar-refractivity contribution in [3.8, 4) is 17.2 Å². The van der Waals surface area contributed by atoms with Gasteiger partial charge in [-0.3, -0.25) is 4.79 Å². The molecule has 0 amide bonds.